The van der Waals surface area contributed by atoms with E-state index in [1.54, 1.807) is 30.3 Å². The molecule has 168 valence electrons. The SMILES string of the molecule is O=C(Nc1cccc(C(F)(F)F)c1)N1CCC(N2CC(=O)N(c3ccccc3)C2=O)CC1. The van der Waals surface area contributed by atoms with E-state index < -0.39 is 17.8 Å². The predicted molar refractivity (Wildman–Crippen MR) is 111 cm³/mol. The van der Waals surface area contributed by atoms with Crippen molar-refractivity contribution in [1.29, 1.82) is 0 Å². The van der Waals surface area contributed by atoms with Gasteiger partial charge in [0.2, 0.25) is 0 Å². The number of nitrogens with zero attached hydrogens (tertiary/aromatic N) is 3. The standard InChI is InChI=1S/C22H21F3N4O3/c23-22(24,25)15-5-4-6-16(13-15)26-20(31)27-11-9-17(10-12-27)28-14-19(30)29(21(28)32)18-7-2-1-3-8-18/h1-8,13,17H,9-12,14H2,(H,26,31). The van der Waals surface area contributed by atoms with Gasteiger partial charge in [0.05, 0.1) is 11.3 Å². The Labute approximate surface area is 182 Å². The Hall–Kier alpha value is -3.56. The zero-order valence-electron chi connectivity index (χ0n) is 17.0. The minimum atomic E-state index is -4.49. The van der Waals surface area contributed by atoms with Crippen molar-refractivity contribution >= 4 is 29.3 Å². The van der Waals surface area contributed by atoms with Crippen LogP contribution in [-0.2, 0) is 11.0 Å². The molecule has 5 amide bonds. The molecule has 2 fully saturated rings. The number of rotatable bonds is 3. The van der Waals surface area contributed by atoms with Crippen LogP contribution in [0, 0.1) is 0 Å². The number of carbonyl (C=O) groups excluding carboxylic acids is 3. The molecule has 0 aromatic heterocycles. The maximum absolute atomic E-state index is 12.9. The van der Waals surface area contributed by atoms with Crippen LogP contribution in [0.2, 0.25) is 0 Å². The fraction of sp³-hybridized carbons (Fsp3) is 0.318. The van der Waals surface area contributed by atoms with Gasteiger partial charge < -0.3 is 15.1 Å². The Morgan fingerprint density at radius 1 is 0.969 bits per heavy atom. The van der Waals surface area contributed by atoms with E-state index >= 15 is 0 Å². The molecule has 10 heteroatoms. The number of hydrogen-bond acceptors (Lipinski definition) is 3. The minimum Gasteiger partial charge on any atom is -0.324 e. The molecule has 0 atom stereocenters. The van der Waals surface area contributed by atoms with E-state index in [0.29, 0.717) is 31.6 Å². The molecule has 0 radical (unpaired) electrons. The molecule has 0 aliphatic carbocycles. The van der Waals surface area contributed by atoms with Crippen molar-refractivity contribution < 1.29 is 27.6 Å². The largest absolute Gasteiger partial charge is 0.416 e. The predicted octanol–water partition coefficient (Wildman–Crippen LogP) is 4.17. The number of amides is 5. The lowest BCUT2D eigenvalue weighted by Crippen LogP contribution is -2.49. The average molecular weight is 446 g/mol. The van der Waals surface area contributed by atoms with Gasteiger partial charge in [-0.05, 0) is 43.2 Å². The number of urea groups is 2. The highest BCUT2D eigenvalue weighted by Crippen LogP contribution is 2.31. The summed E-state index contributed by atoms with van der Waals surface area (Å²) in [4.78, 5) is 41.9. The third-order valence-corrected chi connectivity index (χ3v) is 5.64. The Kier molecular flexibility index (Phi) is 5.77. The molecule has 2 aliphatic rings. The summed E-state index contributed by atoms with van der Waals surface area (Å²) in [6.07, 6.45) is -3.55. The number of halogens is 3. The van der Waals surface area contributed by atoms with Crippen LogP contribution in [0.3, 0.4) is 0 Å². The zero-order chi connectivity index (χ0) is 22.9. The van der Waals surface area contributed by atoms with Crippen LogP contribution in [0.1, 0.15) is 18.4 Å². The smallest absolute Gasteiger partial charge is 0.324 e. The van der Waals surface area contributed by atoms with Crippen LogP contribution in [0.4, 0.5) is 34.1 Å². The van der Waals surface area contributed by atoms with Gasteiger partial charge in [-0.2, -0.15) is 13.2 Å². The fourth-order valence-electron chi connectivity index (χ4n) is 3.99. The first-order chi connectivity index (χ1) is 15.2. The second kappa shape index (κ2) is 8.52. The number of likely N-dealkylation sites (tertiary alicyclic amines) is 1. The Morgan fingerprint density at radius 2 is 1.66 bits per heavy atom. The molecular formula is C22H21F3N4O3. The normalized spacial score (nSPS) is 17.8. The van der Waals surface area contributed by atoms with E-state index in [1.807, 2.05) is 0 Å². The molecule has 0 bridgehead atoms. The van der Waals surface area contributed by atoms with E-state index in [9.17, 15) is 27.6 Å². The summed E-state index contributed by atoms with van der Waals surface area (Å²) in [5.41, 5.74) is -0.261. The van der Waals surface area contributed by atoms with Crippen molar-refractivity contribution in [3.05, 3.63) is 60.2 Å². The van der Waals surface area contributed by atoms with Gasteiger partial charge >= 0.3 is 18.2 Å². The summed E-state index contributed by atoms with van der Waals surface area (Å²) >= 11 is 0. The maximum Gasteiger partial charge on any atom is 0.416 e. The van der Waals surface area contributed by atoms with Crippen LogP contribution in [-0.4, -0.2) is 53.4 Å². The number of benzene rings is 2. The van der Waals surface area contributed by atoms with Gasteiger partial charge in [-0.3, -0.25) is 4.79 Å². The summed E-state index contributed by atoms with van der Waals surface area (Å²) in [5.74, 6) is -0.300. The summed E-state index contributed by atoms with van der Waals surface area (Å²) in [6, 6.07) is 12.1. The quantitative estimate of drug-likeness (QED) is 0.720. The van der Waals surface area contributed by atoms with Crippen LogP contribution in [0.5, 0.6) is 0 Å². The van der Waals surface area contributed by atoms with Crippen LogP contribution < -0.4 is 10.2 Å². The number of anilines is 2. The highest BCUT2D eigenvalue weighted by Gasteiger charge is 2.41. The molecule has 2 aliphatic heterocycles. The van der Waals surface area contributed by atoms with Gasteiger partial charge in [-0.15, -0.1) is 0 Å². The second-order valence-corrected chi connectivity index (χ2v) is 7.70. The number of nitrogens with one attached hydrogen (secondary N) is 1. The van der Waals surface area contributed by atoms with Crippen molar-refractivity contribution in [3.8, 4) is 0 Å². The molecule has 2 aromatic rings. The lowest BCUT2D eigenvalue weighted by molar-refractivity contribution is -0.137. The molecule has 2 saturated heterocycles. The van der Waals surface area contributed by atoms with Crippen LogP contribution in [0.15, 0.2) is 54.6 Å². The molecule has 2 aromatic carbocycles. The first-order valence-electron chi connectivity index (χ1n) is 10.2. The number of imide groups is 1. The van der Waals surface area contributed by atoms with E-state index in [1.165, 1.54) is 21.9 Å². The first kappa shape index (κ1) is 21.7. The van der Waals surface area contributed by atoms with Gasteiger partial charge in [0, 0.05) is 24.8 Å². The molecule has 32 heavy (non-hydrogen) atoms. The van der Waals surface area contributed by atoms with E-state index in [4.69, 9.17) is 0 Å². The maximum atomic E-state index is 12.9. The van der Waals surface area contributed by atoms with E-state index in [-0.39, 0.29) is 30.2 Å². The van der Waals surface area contributed by atoms with E-state index in [2.05, 4.69) is 5.32 Å². The number of carbonyl (C=O) groups is 3. The first-order valence-corrected chi connectivity index (χ1v) is 10.2. The number of piperidine rings is 1. The Morgan fingerprint density at radius 3 is 2.31 bits per heavy atom. The van der Waals surface area contributed by atoms with Crippen molar-refractivity contribution in [2.75, 3.05) is 29.9 Å². The molecule has 0 unspecified atom stereocenters. The number of alkyl halides is 3. The van der Waals surface area contributed by atoms with Crippen LogP contribution in [0.25, 0.3) is 0 Å². The third kappa shape index (κ3) is 4.39. The van der Waals surface area contributed by atoms with Gasteiger partial charge in [-0.25, -0.2) is 14.5 Å². The number of hydrogen-bond donors (Lipinski definition) is 1. The summed E-state index contributed by atoms with van der Waals surface area (Å²) in [5, 5.41) is 2.50. The van der Waals surface area contributed by atoms with E-state index in [0.717, 1.165) is 17.0 Å². The number of para-hydroxylation sites is 1. The van der Waals surface area contributed by atoms with Gasteiger partial charge in [0.25, 0.3) is 5.91 Å². The third-order valence-electron chi connectivity index (χ3n) is 5.64. The van der Waals surface area contributed by atoms with Crippen molar-refractivity contribution in [1.82, 2.24) is 9.80 Å². The molecule has 0 saturated carbocycles. The van der Waals surface area contributed by atoms with Crippen LogP contribution >= 0.6 is 0 Å². The molecule has 1 N–H and O–H groups in total. The topological polar surface area (TPSA) is 73.0 Å². The van der Waals surface area contributed by atoms with Gasteiger partial charge in [0.15, 0.2) is 0 Å². The lowest BCUT2D eigenvalue weighted by atomic mass is 10.0. The fourth-order valence-corrected chi connectivity index (χ4v) is 3.99. The highest BCUT2D eigenvalue weighted by atomic mass is 19.4. The minimum absolute atomic E-state index is 0.0190. The summed E-state index contributed by atoms with van der Waals surface area (Å²) in [6.45, 7) is 0.617. The highest BCUT2D eigenvalue weighted by molar-refractivity contribution is 6.19. The summed E-state index contributed by atoms with van der Waals surface area (Å²) < 4.78 is 38.6. The molecule has 7 nitrogen and oxygen atoms in total. The average Bonchev–Trinajstić information content (AvgIpc) is 3.08. The molecular weight excluding hydrogens is 425 g/mol. The van der Waals surface area contributed by atoms with Gasteiger partial charge in [0.1, 0.15) is 6.54 Å². The second-order valence-electron chi connectivity index (χ2n) is 7.70. The summed E-state index contributed by atoms with van der Waals surface area (Å²) in [7, 11) is 0. The molecule has 0 spiro atoms. The monoisotopic (exact) mass is 446 g/mol. The molecule has 2 heterocycles. The van der Waals surface area contributed by atoms with Gasteiger partial charge in [-0.1, -0.05) is 24.3 Å². The van der Waals surface area contributed by atoms with Crippen molar-refractivity contribution in [3.63, 3.8) is 0 Å². The Balaban J connectivity index is 1.35. The van der Waals surface area contributed by atoms with Crippen molar-refractivity contribution in [2.45, 2.75) is 25.1 Å². The Bertz CT molecular complexity index is 1020. The zero-order valence-corrected chi connectivity index (χ0v) is 17.0. The lowest BCUT2D eigenvalue weighted by Gasteiger charge is -2.36. The van der Waals surface area contributed by atoms with Crippen molar-refractivity contribution in [2.24, 2.45) is 0 Å². The molecule has 4 rings (SSSR count).